The molecule has 68 heavy (non-hydrogen) atoms. The van der Waals surface area contributed by atoms with Crippen LogP contribution in [0.4, 0.5) is 0 Å². The molecule has 0 amide bonds. The van der Waals surface area contributed by atoms with Crippen molar-refractivity contribution in [3.63, 3.8) is 0 Å². The molecule has 0 fully saturated rings. The van der Waals surface area contributed by atoms with E-state index in [4.69, 9.17) is 33.5 Å². The number of carbonyl (C=O) groups is 9. The molecule has 18 nitrogen and oxygen atoms in total. The van der Waals surface area contributed by atoms with Crippen LogP contribution < -0.4 is 0 Å². The summed E-state index contributed by atoms with van der Waals surface area (Å²) in [6.45, 7) is 31.1. The second-order valence-corrected chi connectivity index (χ2v) is 21.5. The molecule has 0 aromatic heterocycles. The summed E-state index contributed by atoms with van der Waals surface area (Å²) in [5.41, 5.74) is -3.97. The molecule has 19 heteroatoms. The number of carbonyl (C=O) groups excluding carboxylic acids is 8. The Morgan fingerprint density at radius 1 is 0.397 bits per heavy atom. The normalized spacial score (nSPS) is 11.3. The van der Waals surface area contributed by atoms with Crippen molar-refractivity contribution in [2.24, 2.45) is 11.8 Å². The number of hydrogen-bond donors (Lipinski definition) is 1. The van der Waals surface area contributed by atoms with Crippen molar-refractivity contribution < 1.29 is 86.2 Å². The summed E-state index contributed by atoms with van der Waals surface area (Å²) in [6.07, 6.45) is 1.88. The van der Waals surface area contributed by atoms with Gasteiger partial charge in [0.25, 0.3) is 0 Å². The fourth-order valence-corrected chi connectivity index (χ4v) is 4.63. The van der Waals surface area contributed by atoms with Gasteiger partial charge in [0.05, 0.1) is 14.2 Å². The summed E-state index contributed by atoms with van der Waals surface area (Å²) in [7, 11) is 2.69. The van der Waals surface area contributed by atoms with Gasteiger partial charge < -0.3 is 43.0 Å². The Bertz CT molecular complexity index is 1450. The second kappa shape index (κ2) is 34.9. The minimum atomic E-state index is -1.09. The Morgan fingerprint density at radius 2 is 0.632 bits per heavy atom. The van der Waals surface area contributed by atoms with Crippen LogP contribution >= 0.6 is 15.9 Å². The molecule has 0 aliphatic heterocycles. The smallest absolute Gasteiger partial charge is 0.320 e. The predicted molar refractivity (Wildman–Crippen MR) is 263 cm³/mol. The van der Waals surface area contributed by atoms with Gasteiger partial charge in [0.2, 0.25) is 0 Å². The molecule has 0 heterocycles. The number of alkyl halides is 1. The van der Waals surface area contributed by atoms with Crippen LogP contribution in [0.1, 0.15) is 197 Å². The topological polar surface area (TPSA) is 248 Å². The number of ether oxygens (including phenoxy) is 8. The molecule has 0 bridgehead atoms. The van der Waals surface area contributed by atoms with E-state index in [2.05, 4.69) is 25.4 Å². The Kier molecular flexibility index (Phi) is 38.6. The Hall–Kier alpha value is -4.29. The van der Waals surface area contributed by atoms with Crippen LogP contribution in [-0.2, 0) is 81.0 Å². The number of esters is 8. The van der Waals surface area contributed by atoms with Crippen molar-refractivity contribution in [3.8, 4) is 0 Å². The fraction of sp³-hybridized carbons (Fsp3) is 0.816. The van der Waals surface area contributed by atoms with Gasteiger partial charge in [-0.15, -0.1) is 0 Å². The lowest BCUT2D eigenvalue weighted by Crippen LogP contribution is -2.37. The lowest BCUT2D eigenvalue weighted by Gasteiger charge is -2.26. The van der Waals surface area contributed by atoms with Crippen molar-refractivity contribution >= 4 is 69.7 Å². The van der Waals surface area contributed by atoms with Crippen LogP contribution in [0.2, 0.25) is 0 Å². The van der Waals surface area contributed by atoms with Gasteiger partial charge in [-0.1, -0.05) is 30.8 Å². The molecule has 0 atom stereocenters. The number of rotatable bonds is 17. The molecule has 0 aromatic carbocycles. The summed E-state index contributed by atoms with van der Waals surface area (Å²) < 4.78 is 39.8. The molecule has 0 aliphatic carbocycles. The van der Waals surface area contributed by atoms with E-state index >= 15 is 0 Å². The van der Waals surface area contributed by atoms with Crippen molar-refractivity contribution in [1.29, 1.82) is 0 Å². The SMILES string of the molecule is C.C.CC(C)(C)OC(=O)C(CCCC(=O)O)C(=O)OC(C)(C)C.CC(C)(C)OC(=O)CC(=O)OC(C)(C)C.COC(=O)CCCBr.COC(=O)CCCC(C(=O)OC(C)(C)C)C(=O)OC(C)(C)C. The minimum absolute atomic E-state index is 0. The number of hydrogen-bond acceptors (Lipinski definition) is 17. The highest BCUT2D eigenvalue weighted by Gasteiger charge is 2.36. The van der Waals surface area contributed by atoms with Crippen molar-refractivity contribution in [1.82, 2.24) is 0 Å². The van der Waals surface area contributed by atoms with E-state index in [-0.39, 0.29) is 65.3 Å². The third kappa shape index (κ3) is 52.7. The van der Waals surface area contributed by atoms with E-state index in [1.165, 1.54) is 14.2 Å². The van der Waals surface area contributed by atoms with Crippen LogP contribution in [0.25, 0.3) is 0 Å². The maximum Gasteiger partial charge on any atom is 0.320 e. The van der Waals surface area contributed by atoms with Gasteiger partial charge in [-0.2, -0.15) is 0 Å². The molecular formula is C49H91BrO18. The zero-order chi connectivity index (χ0) is 53.1. The first-order valence-corrected chi connectivity index (χ1v) is 22.9. The molecule has 0 rings (SSSR count). The summed E-state index contributed by atoms with van der Waals surface area (Å²) in [5.74, 6) is -7.36. The minimum Gasteiger partial charge on any atom is -0.481 e. The van der Waals surface area contributed by atoms with E-state index in [1.54, 1.807) is 125 Å². The number of halogens is 1. The molecular weight excluding hydrogens is 956 g/mol. The number of methoxy groups -OCH3 is 2. The van der Waals surface area contributed by atoms with Crippen LogP contribution in [0.5, 0.6) is 0 Å². The number of carboxylic acids is 1. The summed E-state index contributed by atoms with van der Waals surface area (Å²) in [4.78, 5) is 103. The van der Waals surface area contributed by atoms with Crippen molar-refractivity contribution in [2.45, 2.75) is 231 Å². The molecule has 1 N–H and O–H groups in total. The van der Waals surface area contributed by atoms with Crippen molar-refractivity contribution in [3.05, 3.63) is 0 Å². The summed E-state index contributed by atoms with van der Waals surface area (Å²) in [5, 5.41) is 9.51. The quantitative estimate of drug-likeness (QED) is 0.0616. The monoisotopic (exact) mass is 1050 g/mol. The average Bonchev–Trinajstić information content (AvgIpc) is 3.06. The zero-order valence-electron chi connectivity index (χ0n) is 43.5. The molecule has 0 saturated heterocycles. The van der Waals surface area contributed by atoms with Crippen LogP contribution in [-0.4, -0.2) is 112 Å². The maximum atomic E-state index is 12.2. The number of aliphatic carboxylic acids is 1. The van der Waals surface area contributed by atoms with E-state index in [1.807, 2.05) is 0 Å². The second-order valence-electron chi connectivity index (χ2n) is 20.7. The fourth-order valence-electron chi connectivity index (χ4n) is 4.35. The summed E-state index contributed by atoms with van der Waals surface area (Å²) in [6, 6.07) is 0. The highest BCUT2D eigenvalue weighted by molar-refractivity contribution is 9.09. The zero-order valence-corrected chi connectivity index (χ0v) is 45.1. The summed E-state index contributed by atoms with van der Waals surface area (Å²) >= 11 is 3.20. The van der Waals surface area contributed by atoms with E-state index in [0.29, 0.717) is 12.8 Å². The highest BCUT2D eigenvalue weighted by atomic mass is 79.9. The molecule has 0 aromatic rings. The highest BCUT2D eigenvalue weighted by Crippen LogP contribution is 2.22. The lowest BCUT2D eigenvalue weighted by molar-refractivity contribution is -0.177. The molecule has 0 saturated carbocycles. The third-order valence-corrected chi connectivity index (χ3v) is 7.18. The van der Waals surface area contributed by atoms with Crippen molar-refractivity contribution in [2.75, 3.05) is 19.5 Å². The first-order valence-electron chi connectivity index (χ1n) is 21.7. The standard InChI is InChI=1S/C16H28O6.C15H26O6.C11H20O4.C5H9BrO2.2CH4/c1-15(2,3)21-13(18)11(9-8-10-12(17)20-7)14(19)22-16(4,5)6;1-14(2,3)20-12(18)10(8-7-9-11(16)17)13(19)21-15(4,5)6;1-10(2,3)14-8(12)7-9(13)15-11(4,5)6;1-8-5(7)3-2-4-6;;/h11H,8-10H2,1-7H3;10H,7-9H2,1-6H3,(H,16,17);7H2,1-6H3;2-4H2,1H3;2*1H4. The molecule has 0 radical (unpaired) electrons. The van der Waals surface area contributed by atoms with E-state index < -0.39 is 87.2 Å². The lowest BCUT2D eigenvalue weighted by atomic mass is 10.0. The van der Waals surface area contributed by atoms with Gasteiger partial charge in [0, 0.05) is 24.6 Å². The molecule has 0 unspecified atom stereocenters. The maximum absolute atomic E-state index is 12.2. The Labute approximate surface area is 416 Å². The van der Waals surface area contributed by atoms with Gasteiger partial charge in [0.1, 0.15) is 40.0 Å². The molecule has 402 valence electrons. The van der Waals surface area contributed by atoms with Gasteiger partial charge in [-0.3, -0.25) is 43.2 Å². The first kappa shape index (κ1) is 75.2. The van der Waals surface area contributed by atoms with E-state index in [0.717, 1.165) is 11.8 Å². The van der Waals surface area contributed by atoms with Crippen LogP contribution in [0.3, 0.4) is 0 Å². The first-order chi connectivity index (χ1) is 29.5. The van der Waals surface area contributed by atoms with Gasteiger partial charge in [0.15, 0.2) is 11.8 Å². The van der Waals surface area contributed by atoms with Crippen LogP contribution in [0.15, 0.2) is 0 Å². The third-order valence-electron chi connectivity index (χ3n) is 6.62. The molecule has 0 aliphatic rings. The van der Waals surface area contributed by atoms with E-state index in [9.17, 15) is 43.2 Å². The Morgan fingerprint density at radius 3 is 0.838 bits per heavy atom. The van der Waals surface area contributed by atoms with Gasteiger partial charge >= 0.3 is 53.7 Å². The number of carboxylic acid groups (broad SMARTS) is 1. The Balaban J connectivity index is -0.000000196. The molecule has 0 spiro atoms. The van der Waals surface area contributed by atoms with Gasteiger partial charge in [-0.25, -0.2) is 0 Å². The van der Waals surface area contributed by atoms with Crippen LogP contribution in [0, 0.1) is 11.8 Å². The predicted octanol–water partition coefficient (Wildman–Crippen LogP) is 9.84. The van der Waals surface area contributed by atoms with Gasteiger partial charge in [-0.05, 0) is 157 Å². The average molecular weight is 1050 g/mol. The largest absolute Gasteiger partial charge is 0.481 e.